The van der Waals surface area contributed by atoms with Gasteiger partial charge in [0, 0.05) is 5.57 Å². The molecular formula is C22H32O5. The highest BCUT2D eigenvalue weighted by Crippen LogP contribution is 2.25. The van der Waals surface area contributed by atoms with E-state index in [4.69, 9.17) is 18.9 Å². The summed E-state index contributed by atoms with van der Waals surface area (Å²) in [7, 11) is 1.67. The van der Waals surface area contributed by atoms with Gasteiger partial charge in [-0.25, -0.2) is 4.79 Å². The Balaban J connectivity index is 1.80. The Labute approximate surface area is 162 Å². The van der Waals surface area contributed by atoms with Crippen molar-refractivity contribution in [2.45, 2.75) is 64.8 Å². The van der Waals surface area contributed by atoms with Gasteiger partial charge in [-0.15, -0.1) is 0 Å². The van der Waals surface area contributed by atoms with E-state index >= 15 is 0 Å². The number of aryl methyl sites for hydroxylation is 1. The fraction of sp³-hybridized carbons (Fsp3) is 0.591. The molecule has 0 amide bonds. The van der Waals surface area contributed by atoms with Crippen LogP contribution in [0.3, 0.4) is 0 Å². The standard InChI is InChI=1S/C22H32O5/c1-5-25-21(23)18(15-20-16-26-22(2,3)27-20)10-8-6-7-9-17-11-13-19(24-4)14-12-17/h11-15,20H,5-10,16H2,1-4H3/b18-15+/t20-/m1/s1. The fourth-order valence-electron chi connectivity index (χ4n) is 3.11. The van der Waals surface area contributed by atoms with E-state index < -0.39 is 5.79 Å². The first kappa shape index (κ1) is 21.5. The molecule has 0 aromatic heterocycles. The van der Waals surface area contributed by atoms with E-state index in [1.807, 2.05) is 39.0 Å². The highest BCUT2D eigenvalue weighted by atomic mass is 16.7. The van der Waals surface area contributed by atoms with Gasteiger partial charge >= 0.3 is 5.97 Å². The third-order valence-electron chi connectivity index (χ3n) is 4.53. The van der Waals surface area contributed by atoms with Gasteiger partial charge in [-0.3, -0.25) is 0 Å². The first-order valence-corrected chi connectivity index (χ1v) is 9.76. The molecule has 5 nitrogen and oxygen atoms in total. The fourth-order valence-corrected chi connectivity index (χ4v) is 3.11. The monoisotopic (exact) mass is 376 g/mol. The Bertz CT molecular complexity index is 618. The molecule has 1 aliphatic rings. The third kappa shape index (κ3) is 7.35. The van der Waals surface area contributed by atoms with Crippen molar-refractivity contribution >= 4 is 5.97 Å². The van der Waals surface area contributed by atoms with Crippen LogP contribution in [0.25, 0.3) is 0 Å². The predicted molar refractivity (Wildman–Crippen MR) is 105 cm³/mol. The zero-order valence-corrected chi connectivity index (χ0v) is 17.0. The van der Waals surface area contributed by atoms with Crippen molar-refractivity contribution < 1.29 is 23.7 Å². The summed E-state index contributed by atoms with van der Waals surface area (Å²) in [5.74, 6) is 0.0319. The Morgan fingerprint density at radius 1 is 1.22 bits per heavy atom. The summed E-state index contributed by atoms with van der Waals surface area (Å²) in [6, 6.07) is 8.17. The highest BCUT2D eigenvalue weighted by molar-refractivity contribution is 5.88. The molecule has 1 aromatic carbocycles. The maximum absolute atomic E-state index is 12.2. The molecule has 1 aliphatic heterocycles. The van der Waals surface area contributed by atoms with Gasteiger partial charge < -0.3 is 18.9 Å². The molecule has 5 heteroatoms. The maximum Gasteiger partial charge on any atom is 0.333 e. The molecule has 0 bridgehead atoms. The maximum atomic E-state index is 12.2. The van der Waals surface area contributed by atoms with E-state index in [9.17, 15) is 4.79 Å². The quantitative estimate of drug-likeness (QED) is 0.343. The van der Waals surface area contributed by atoms with Gasteiger partial charge in [-0.2, -0.15) is 0 Å². The van der Waals surface area contributed by atoms with Gasteiger partial charge in [-0.1, -0.05) is 18.6 Å². The normalized spacial score (nSPS) is 19.1. The lowest BCUT2D eigenvalue weighted by atomic mass is 10.0. The molecule has 0 unspecified atom stereocenters. The largest absolute Gasteiger partial charge is 0.497 e. The van der Waals surface area contributed by atoms with Crippen LogP contribution in [0.4, 0.5) is 0 Å². The molecule has 0 N–H and O–H groups in total. The second kappa shape index (κ2) is 10.5. The Morgan fingerprint density at radius 3 is 2.56 bits per heavy atom. The summed E-state index contributed by atoms with van der Waals surface area (Å²) in [5, 5.41) is 0. The van der Waals surface area contributed by atoms with E-state index in [0.29, 0.717) is 25.2 Å². The average molecular weight is 376 g/mol. The molecule has 1 aromatic rings. The highest BCUT2D eigenvalue weighted by Gasteiger charge is 2.32. The SMILES string of the molecule is CCOC(=O)/C(=C/[C@@H]1COC(C)(C)O1)CCCCCc1ccc(OC)cc1. The number of esters is 1. The molecule has 1 fully saturated rings. The summed E-state index contributed by atoms with van der Waals surface area (Å²) < 4.78 is 21.7. The molecule has 1 heterocycles. The Hall–Kier alpha value is -1.85. The summed E-state index contributed by atoms with van der Waals surface area (Å²) in [4.78, 5) is 12.2. The van der Waals surface area contributed by atoms with E-state index in [-0.39, 0.29) is 12.1 Å². The van der Waals surface area contributed by atoms with E-state index in [2.05, 4.69) is 12.1 Å². The van der Waals surface area contributed by atoms with Crippen molar-refractivity contribution in [2.24, 2.45) is 0 Å². The van der Waals surface area contributed by atoms with Gasteiger partial charge in [0.2, 0.25) is 0 Å². The molecule has 27 heavy (non-hydrogen) atoms. The summed E-state index contributed by atoms with van der Waals surface area (Å²) in [6.07, 6.45) is 6.47. The number of hydrogen-bond acceptors (Lipinski definition) is 5. The summed E-state index contributed by atoms with van der Waals surface area (Å²) in [6.45, 7) is 6.42. The average Bonchev–Trinajstić information content (AvgIpc) is 2.99. The second-order valence-electron chi connectivity index (χ2n) is 7.19. The van der Waals surface area contributed by atoms with Crippen molar-refractivity contribution in [1.29, 1.82) is 0 Å². The molecule has 150 valence electrons. The lowest BCUT2D eigenvalue weighted by Crippen LogP contribution is -2.21. The first-order valence-electron chi connectivity index (χ1n) is 9.76. The summed E-state index contributed by atoms with van der Waals surface area (Å²) in [5.41, 5.74) is 1.99. The predicted octanol–water partition coefficient (Wildman–Crippen LogP) is 4.44. The van der Waals surface area contributed by atoms with E-state index in [0.717, 1.165) is 31.4 Å². The van der Waals surface area contributed by atoms with Gasteiger partial charge in [-0.05, 0) is 70.2 Å². The van der Waals surface area contributed by atoms with Crippen LogP contribution >= 0.6 is 0 Å². The van der Waals surface area contributed by atoms with Crippen molar-refractivity contribution in [3.8, 4) is 5.75 Å². The number of methoxy groups -OCH3 is 1. The molecular weight excluding hydrogens is 344 g/mol. The number of carbonyl (C=O) groups is 1. The minimum atomic E-state index is -0.598. The first-order chi connectivity index (χ1) is 12.9. The Morgan fingerprint density at radius 2 is 1.96 bits per heavy atom. The number of ether oxygens (including phenoxy) is 4. The minimum Gasteiger partial charge on any atom is -0.497 e. The number of hydrogen-bond donors (Lipinski definition) is 0. The number of rotatable bonds is 10. The van der Waals surface area contributed by atoms with E-state index in [1.54, 1.807) is 7.11 Å². The lowest BCUT2D eigenvalue weighted by molar-refractivity contribution is -0.139. The van der Waals surface area contributed by atoms with Gasteiger partial charge in [0.25, 0.3) is 0 Å². The van der Waals surface area contributed by atoms with Crippen LogP contribution in [0.1, 0.15) is 52.0 Å². The molecule has 0 radical (unpaired) electrons. The van der Waals surface area contributed by atoms with Gasteiger partial charge in [0.1, 0.15) is 11.9 Å². The zero-order valence-electron chi connectivity index (χ0n) is 17.0. The van der Waals surface area contributed by atoms with Crippen LogP contribution in [0.2, 0.25) is 0 Å². The smallest absolute Gasteiger partial charge is 0.333 e. The second-order valence-corrected chi connectivity index (χ2v) is 7.19. The molecule has 2 rings (SSSR count). The topological polar surface area (TPSA) is 54.0 Å². The molecule has 1 atom stereocenters. The number of benzene rings is 1. The lowest BCUT2D eigenvalue weighted by Gasteiger charge is -2.16. The van der Waals surface area contributed by atoms with Crippen LogP contribution in [-0.2, 0) is 25.4 Å². The van der Waals surface area contributed by atoms with Crippen LogP contribution < -0.4 is 4.74 Å². The molecule has 0 aliphatic carbocycles. The minimum absolute atomic E-state index is 0.196. The number of carbonyl (C=O) groups excluding carboxylic acids is 1. The van der Waals surface area contributed by atoms with E-state index in [1.165, 1.54) is 5.56 Å². The van der Waals surface area contributed by atoms with Crippen molar-refractivity contribution in [1.82, 2.24) is 0 Å². The third-order valence-corrected chi connectivity index (χ3v) is 4.53. The van der Waals surface area contributed by atoms with Crippen LogP contribution in [-0.4, -0.2) is 38.2 Å². The van der Waals surface area contributed by atoms with Crippen molar-refractivity contribution in [2.75, 3.05) is 20.3 Å². The van der Waals surface area contributed by atoms with Crippen LogP contribution in [0, 0.1) is 0 Å². The van der Waals surface area contributed by atoms with Gasteiger partial charge in [0.05, 0.1) is 20.3 Å². The summed E-state index contributed by atoms with van der Waals surface area (Å²) >= 11 is 0. The van der Waals surface area contributed by atoms with Gasteiger partial charge in [0.15, 0.2) is 5.79 Å². The molecule has 0 spiro atoms. The van der Waals surface area contributed by atoms with Crippen LogP contribution in [0.15, 0.2) is 35.9 Å². The number of unbranched alkanes of at least 4 members (excludes halogenated alkanes) is 2. The van der Waals surface area contributed by atoms with Crippen molar-refractivity contribution in [3.05, 3.63) is 41.5 Å². The molecule has 1 saturated heterocycles. The van der Waals surface area contributed by atoms with Crippen molar-refractivity contribution in [3.63, 3.8) is 0 Å². The van der Waals surface area contributed by atoms with Crippen LogP contribution in [0.5, 0.6) is 5.75 Å². The zero-order chi connectivity index (χ0) is 19.7. The Kier molecular flexibility index (Phi) is 8.32. The molecule has 0 saturated carbocycles.